The number of benzene rings is 1. The van der Waals surface area contributed by atoms with Crippen LogP contribution in [0.15, 0.2) is 24.3 Å². The van der Waals surface area contributed by atoms with Gasteiger partial charge in [0, 0.05) is 29.7 Å². The maximum atomic E-state index is 13.3. The molecule has 1 aliphatic heterocycles. The number of carbonyl (C=O) groups excluding carboxylic acids is 3. The summed E-state index contributed by atoms with van der Waals surface area (Å²) >= 11 is 0. The van der Waals surface area contributed by atoms with Crippen molar-refractivity contribution in [1.29, 1.82) is 0 Å². The van der Waals surface area contributed by atoms with E-state index in [-0.39, 0.29) is 46.7 Å². The van der Waals surface area contributed by atoms with E-state index in [1.807, 2.05) is 18.2 Å². The minimum atomic E-state index is -0.575. The van der Waals surface area contributed by atoms with E-state index in [1.165, 1.54) is 7.11 Å². The summed E-state index contributed by atoms with van der Waals surface area (Å²) in [4.78, 5) is 40.7. The highest BCUT2D eigenvalue weighted by atomic mass is 16.5. The quantitative estimate of drug-likeness (QED) is 0.643. The van der Waals surface area contributed by atoms with Gasteiger partial charge in [-0.2, -0.15) is 0 Å². The first-order valence-corrected chi connectivity index (χ1v) is 12.4. The van der Waals surface area contributed by atoms with Crippen molar-refractivity contribution < 1.29 is 19.1 Å². The number of hydrogen-bond acceptors (Lipinski definition) is 5. The average Bonchev–Trinajstić information content (AvgIpc) is 3.11. The van der Waals surface area contributed by atoms with Crippen LogP contribution in [0.2, 0.25) is 0 Å². The van der Waals surface area contributed by atoms with E-state index in [2.05, 4.69) is 52.2 Å². The van der Waals surface area contributed by atoms with Crippen molar-refractivity contribution in [2.24, 2.45) is 5.92 Å². The van der Waals surface area contributed by atoms with E-state index in [1.54, 1.807) is 11.0 Å². The minimum Gasteiger partial charge on any atom is -0.469 e. The zero-order valence-electron chi connectivity index (χ0n) is 21.7. The Labute approximate surface area is 204 Å². The number of nitrogens with one attached hydrogen (secondary N) is 2. The zero-order valence-corrected chi connectivity index (χ0v) is 21.7. The lowest BCUT2D eigenvalue weighted by Crippen LogP contribution is -2.55. The summed E-state index contributed by atoms with van der Waals surface area (Å²) in [7, 11) is 1.40. The molecule has 2 N–H and O–H groups in total. The number of methoxy groups -OCH3 is 1. The SMILES string of the molecule is COC(=O)[C@@H]1C[C@H](NC(C)(C)C)CC[C@@H]1N1CCC(NC(=O)c2cccc(C(C)(C)C)c2)C1=O. The molecule has 0 aromatic heterocycles. The molecule has 1 aliphatic carbocycles. The number of ether oxygens (including phenoxy) is 1. The monoisotopic (exact) mass is 471 g/mol. The van der Waals surface area contributed by atoms with Gasteiger partial charge in [0.25, 0.3) is 5.91 Å². The maximum absolute atomic E-state index is 13.3. The molecule has 0 spiro atoms. The number of carbonyl (C=O) groups is 3. The Morgan fingerprint density at radius 1 is 1.06 bits per heavy atom. The third-order valence-corrected chi connectivity index (χ3v) is 6.89. The van der Waals surface area contributed by atoms with Crippen LogP contribution < -0.4 is 10.6 Å². The number of esters is 1. The molecule has 2 aliphatic rings. The Hall–Kier alpha value is -2.41. The van der Waals surface area contributed by atoms with Gasteiger partial charge >= 0.3 is 5.97 Å². The molecular weight excluding hydrogens is 430 g/mol. The molecule has 1 unspecified atom stereocenters. The normalized spacial score (nSPS) is 25.9. The predicted octanol–water partition coefficient (Wildman–Crippen LogP) is 3.41. The van der Waals surface area contributed by atoms with Gasteiger partial charge in [-0.15, -0.1) is 0 Å². The Balaban J connectivity index is 1.69. The molecule has 0 radical (unpaired) electrons. The van der Waals surface area contributed by atoms with Gasteiger partial charge in [-0.05, 0) is 69.6 Å². The standard InChI is InChI=1S/C27H41N3O4/c1-26(2,3)18-10-8-9-17(15-18)23(31)28-21-13-14-30(24(21)32)22-12-11-19(29-27(4,5)6)16-20(22)25(33)34-7/h8-10,15,19-22,29H,11-14,16H2,1-7H3,(H,28,31)/t19-,20-,21?,22+/m1/s1. The first-order chi connectivity index (χ1) is 15.8. The van der Waals surface area contributed by atoms with Crippen molar-refractivity contribution in [2.45, 2.75) is 96.3 Å². The largest absolute Gasteiger partial charge is 0.469 e. The van der Waals surface area contributed by atoms with Crippen molar-refractivity contribution in [3.8, 4) is 0 Å². The minimum absolute atomic E-state index is 0.0543. The molecule has 7 nitrogen and oxygen atoms in total. The molecule has 7 heteroatoms. The third-order valence-electron chi connectivity index (χ3n) is 6.89. The van der Waals surface area contributed by atoms with Crippen molar-refractivity contribution in [1.82, 2.24) is 15.5 Å². The average molecular weight is 472 g/mol. The van der Waals surface area contributed by atoms with Gasteiger partial charge in [-0.25, -0.2) is 0 Å². The smallest absolute Gasteiger partial charge is 0.310 e. The molecular formula is C27H41N3O4. The van der Waals surface area contributed by atoms with Crippen molar-refractivity contribution in [3.63, 3.8) is 0 Å². The summed E-state index contributed by atoms with van der Waals surface area (Å²) in [6.45, 7) is 13.2. The van der Waals surface area contributed by atoms with Gasteiger partial charge in [-0.1, -0.05) is 32.9 Å². The number of hydrogen-bond donors (Lipinski definition) is 2. The van der Waals surface area contributed by atoms with E-state index >= 15 is 0 Å². The van der Waals surface area contributed by atoms with Gasteiger partial charge in [0.1, 0.15) is 6.04 Å². The van der Waals surface area contributed by atoms with Crippen LogP contribution in [0.25, 0.3) is 0 Å². The molecule has 2 fully saturated rings. The molecule has 1 aromatic rings. The fraction of sp³-hybridized carbons (Fsp3) is 0.667. The second-order valence-electron chi connectivity index (χ2n) is 11.8. The van der Waals surface area contributed by atoms with Gasteiger partial charge in [0.05, 0.1) is 13.0 Å². The highest BCUT2D eigenvalue weighted by molar-refractivity contribution is 5.98. The molecule has 0 bridgehead atoms. The van der Waals surface area contributed by atoms with Crippen LogP contribution in [0.5, 0.6) is 0 Å². The fourth-order valence-electron chi connectivity index (χ4n) is 5.21. The van der Waals surface area contributed by atoms with E-state index in [0.29, 0.717) is 24.9 Å². The molecule has 1 saturated carbocycles. The van der Waals surface area contributed by atoms with E-state index in [0.717, 1.165) is 18.4 Å². The highest BCUT2D eigenvalue weighted by Crippen LogP contribution is 2.33. The zero-order chi connectivity index (χ0) is 25.3. The van der Waals surface area contributed by atoms with Crippen LogP contribution in [0.4, 0.5) is 0 Å². The topological polar surface area (TPSA) is 87.7 Å². The molecule has 1 aromatic carbocycles. The summed E-state index contributed by atoms with van der Waals surface area (Å²) in [5.74, 6) is -1.000. The van der Waals surface area contributed by atoms with Crippen LogP contribution in [-0.4, -0.2) is 60.0 Å². The molecule has 34 heavy (non-hydrogen) atoms. The molecule has 188 valence electrons. The van der Waals surface area contributed by atoms with E-state index in [9.17, 15) is 14.4 Å². The lowest BCUT2D eigenvalue weighted by Gasteiger charge is -2.41. The lowest BCUT2D eigenvalue weighted by atomic mass is 9.80. The molecule has 1 heterocycles. The van der Waals surface area contributed by atoms with Crippen LogP contribution in [-0.2, 0) is 19.7 Å². The van der Waals surface area contributed by atoms with Crippen LogP contribution >= 0.6 is 0 Å². The van der Waals surface area contributed by atoms with Crippen LogP contribution in [0.1, 0.15) is 83.1 Å². The van der Waals surface area contributed by atoms with Crippen LogP contribution in [0, 0.1) is 5.92 Å². The van der Waals surface area contributed by atoms with Crippen molar-refractivity contribution >= 4 is 17.8 Å². The predicted molar refractivity (Wildman–Crippen MR) is 133 cm³/mol. The lowest BCUT2D eigenvalue weighted by molar-refractivity contribution is -0.151. The molecule has 1 saturated heterocycles. The van der Waals surface area contributed by atoms with Crippen molar-refractivity contribution in [3.05, 3.63) is 35.4 Å². The Bertz CT molecular complexity index is 915. The first kappa shape index (κ1) is 26.2. The second-order valence-corrected chi connectivity index (χ2v) is 11.8. The van der Waals surface area contributed by atoms with E-state index < -0.39 is 6.04 Å². The Morgan fingerprint density at radius 2 is 1.76 bits per heavy atom. The van der Waals surface area contributed by atoms with E-state index in [4.69, 9.17) is 4.74 Å². The summed E-state index contributed by atoms with van der Waals surface area (Å²) in [5.41, 5.74) is 1.50. The van der Waals surface area contributed by atoms with Gasteiger partial charge in [-0.3, -0.25) is 14.4 Å². The number of amides is 2. The summed E-state index contributed by atoms with van der Waals surface area (Å²) < 4.78 is 5.11. The molecule has 4 atom stereocenters. The number of rotatable bonds is 5. The van der Waals surface area contributed by atoms with Crippen LogP contribution in [0.3, 0.4) is 0 Å². The third kappa shape index (κ3) is 6.17. The first-order valence-electron chi connectivity index (χ1n) is 12.4. The summed E-state index contributed by atoms with van der Waals surface area (Å²) in [6.07, 6.45) is 2.79. The number of likely N-dealkylation sites (tertiary alicyclic amines) is 1. The fourth-order valence-corrected chi connectivity index (χ4v) is 5.21. The maximum Gasteiger partial charge on any atom is 0.310 e. The van der Waals surface area contributed by atoms with Gasteiger partial charge in [0.2, 0.25) is 5.91 Å². The number of nitrogens with zero attached hydrogens (tertiary/aromatic N) is 1. The summed E-state index contributed by atoms with van der Waals surface area (Å²) in [6, 6.07) is 6.98. The molecule has 2 amide bonds. The Morgan fingerprint density at radius 3 is 2.38 bits per heavy atom. The van der Waals surface area contributed by atoms with Crippen molar-refractivity contribution in [2.75, 3.05) is 13.7 Å². The second kappa shape index (κ2) is 10.1. The highest BCUT2D eigenvalue weighted by Gasteiger charge is 2.45. The molecule has 3 rings (SSSR count). The van der Waals surface area contributed by atoms with Gasteiger partial charge < -0.3 is 20.3 Å². The Kier molecular flexibility index (Phi) is 7.75. The summed E-state index contributed by atoms with van der Waals surface area (Å²) in [5, 5.41) is 6.52. The van der Waals surface area contributed by atoms with Gasteiger partial charge in [0.15, 0.2) is 0 Å².